The average Bonchev–Trinajstić information content (AvgIpc) is 3.16. The van der Waals surface area contributed by atoms with Gasteiger partial charge in [0.15, 0.2) is 0 Å². The van der Waals surface area contributed by atoms with Crippen LogP contribution in [0.4, 0.5) is 0 Å². The van der Waals surface area contributed by atoms with Gasteiger partial charge in [-0.25, -0.2) is 4.79 Å². The number of imidazole rings is 1. The van der Waals surface area contributed by atoms with Crippen molar-refractivity contribution in [2.45, 2.75) is 52.6 Å². The molecular formula is C25H29N3O3. The van der Waals surface area contributed by atoms with Gasteiger partial charge in [0.05, 0.1) is 24.0 Å². The Morgan fingerprint density at radius 2 is 1.87 bits per heavy atom. The Morgan fingerprint density at radius 1 is 1.10 bits per heavy atom. The summed E-state index contributed by atoms with van der Waals surface area (Å²) in [7, 11) is 2.02. The van der Waals surface area contributed by atoms with Gasteiger partial charge in [0.1, 0.15) is 0 Å². The molecule has 2 heterocycles. The summed E-state index contributed by atoms with van der Waals surface area (Å²) in [4.78, 5) is 25.2. The second kappa shape index (κ2) is 8.10. The van der Waals surface area contributed by atoms with Crippen molar-refractivity contribution in [1.29, 1.82) is 0 Å². The lowest BCUT2D eigenvalue weighted by atomic mass is 10.1. The number of hydrogen-bond donors (Lipinski definition) is 1. The zero-order chi connectivity index (χ0) is 22.3. The predicted octanol–water partition coefficient (Wildman–Crippen LogP) is 4.78. The molecule has 0 aliphatic rings. The molecule has 0 saturated carbocycles. The molecule has 4 aromatic rings. The lowest BCUT2D eigenvalue weighted by Crippen LogP contribution is -2.29. The van der Waals surface area contributed by atoms with Gasteiger partial charge in [-0.3, -0.25) is 13.9 Å². The minimum absolute atomic E-state index is 0.0613. The van der Waals surface area contributed by atoms with Crippen LogP contribution in [-0.4, -0.2) is 24.8 Å². The summed E-state index contributed by atoms with van der Waals surface area (Å²) in [6.45, 7) is 6.54. The lowest BCUT2D eigenvalue weighted by Gasteiger charge is -2.16. The quantitative estimate of drug-likeness (QED) is 0.469. The fraction of sp³-hybridized carbons (Fsp3) is 0.360. The third kappa shape index (κ3) is 3.67. The van der Waals surface area contributed by atoms with E-state index in [0.29, 0.717) is 13.0 Å². The molecule has 2 aromatic carbocycles. The number of benzene rings is 2. The number of aromatic nitrogens is 3. The molecule has 6 heteroatoms. The normalized spacial score (nSPS) is 12.6. The van der Waals surface area contributed by atoms with E-state index in [1.807, 2.05) is 45.2 Å². The maximum Gasteiger partial charge on any atom is 0.329 e. The summed E-state index contributed by atoms with van der Waals surface area (Å²) < 4.78 is 5.59. The molecule has 0 saturated heterocycles. The molecule has 4 rings (SSSR count). The SMILES string of the molecule is CCCC(CC(=O)O)n1c(=O)n(Cc2cn(C)c3cccc(C)c23)c2ccc(C)cc21. The molecule has 1 unspecified atom stereocenters. The van der Waals surface area contributed by atoms with E-state index in [0.717, 1.165) is 34.1 Å². The maximum atomic E-state index is 13.7. The van der Waals surface area contributed by atoms with E-state index in [4.69, 9.17) is 0 Å². The third-order valence-electron chi connectivity index (χ3n) is 6.15. The number of aliphatic carboxylic acids is 1. The number of nitrogens with zero attached hydrogens (tertiary/aromatic N) is 3. The largest absolute Gasteiger partial charge is 0.481 e. The van der Waals surface area contributed by atoms with E-state index in [1.54, 1.807) is 9.13 Å². The average molecular weight is 420 g/mol. The number of carboxylic acid groups (broad SMARTS) is 1. The summed E-state index contributed by atoms with van der Waals surface area (Å²) in [5.41, 5.74) is 5.95. The highest BCUT2D eigenvalue weighted by atomic mass is 16.4. The van der Waals surface area contributed by atoms with Crippen LogP contribution in [0.3, 0.4) is 0 Å². The Balaban J connectivity index is 1.93. The van der Waals surface area contributed by atoms with E-state index in [9.17, 15) is 14.7 Å². The Kier molecular flexibility index (Phi) is 5.48. The van der Waals surface area contributed by atoms with Crippen molar-refractivity contribution in [3.05, 3.63) is 69.8 Å². The zero-order valence-corrected chi connectivity index (χ0v) is 18.6. The highest BCUT2D eigenvalue weighted by molar-refractivity contribution is 5.87. The van der Waals surface area contributed by atoms with Gasteiger partial charge in [-0.2, -0.15) is 0 Å². The number of rotatable bonds is 7. The van der Waals surface area contributed by atoms with Crippen LogP contribution in [0.2, 0.25) is 0 Å². The van der Waals surface area contributed by atoms with Crippen LogP contribution < -0.4 is 5.69 Å². The second-order valence-corrected chi connectivity index (χ2v) is 8.51. The summed E-state index contributed by atoms with van der Waals surface area (Å²) in [5, 5.41) is 10.6. The summed E-state index contributed by atoms with van der Waals surface area (Å²) >= 11 is 0. The second-order valence-electron chi connectivity index (χ2n) is 8.51. The van der Waals surface area contributed by atoms with Crippen LogP contribution in [0.25, 0.3) is 21.9 Å². The van der Waals surface area contributed by atoms with Crippen molar-refractivity contribution in [2.75, 3.05) is 0 Å². The minimum Gasteiger partial charge on any atom is -0.481 e. The third-order valence-corrected chi connectivity index (χ3v) is 6.15. The molecule has 6 nitrogen and oxygen atoms in total. The molecule has 31 heavy (non-hydrogen) atoms. The number of carboxylic acids is 1. The van der Waals surface area contributed by atoms with Crippen LogP contribution in [-0.2, 0) is 18.4 Å². The van der Waals surface area contributed by atoms with Gasteiger partial charge in [-0.05, 0) is 55.2 Å². The monoisotopic (exact) mass is 419 g/mol. The van der Waals surface area contributed by atoms with E-state index in [-0.39, 0.29) is 18.2 Å². The van der Waals surface area contributed by atoms with E-state index in [2.05, 4.69) is 29.8 Å². The molecule has 0 bridgehead atoms. The van der Waals surface area contributed by atoms with Crippen LogP contribution >= 0.6 is 0 Å². The van der Waals surface area contributed by atoms with E-state index in [1.165, 1.54) is 10.9 Å². The molecule has 1 atom stereocenters. The van der Waals surface area contributed by atoms with Crippen molar-refractivity contribution in [3.8, 4) is 0 Å². The molecule has 0 amide bonds. The standard InChI is InChI=1S/C25H29N3O3/c1-5-7-19(13-23(29)30)28-22-12-16(2)10-11-20(22)27(25(28)31)15-18-14-26(4)21-9-6-8-17(3)24(18)21/h6,8-12,14,19H,5,7,13,15H2,1-4H3,(H,29,30). The van der Waals surface area contributed by atoms with Crippen molar-refractivity contribution >= 4 is 27.9 Å². The van der Waals surface area contributed by atoms with Gasteiger partial charge >= 0.3 is 11.7 Å². The molecule has 0 fully saturated rings. The lowest BCUT2D eigenvalue weighted by molar-refractivity contribution is -0.137. The summed E-state index contributed by atoms with van der Waals surface area (Å²) in [5.74, 6) is -0.886. The van der Waals surface area contributed by atoms with Crippen LogP contribution in [0.5, 0.6) is 0 Å². The molecule has 162 valence electrons. The summed E-state index contributed by atoms with van der Waals surface area (Å²) in [6.07, 6.45) is 3.48. The van der Waals surface area contributed by atoms with Crippen LogP contribution in [0.15, 0.2) is 47.4 Å². The highest BCUT2D eigenvalue weighted by Crippen LogP contribution is 2.28. The fourth-order valence-corrected chi connectivity index (χ4v) is 4.78. The van der Waals surface area contributed by atoms with Gasteiger partial charge in [0, 0.05) is 30.2 Å². The Labute approximate surface area is 181 Å². The van der Waals surface area contributed by atoms with Gasteiger partial charge in [-0.15, -0.1) is 0 Å². The maximum absolute atomic E-state index is 13.7. The van der Waals surface area contributed by atoms with Crippen LogP contribution in [0, 0.1) is 13.8 Å². The first kappa shape index (κ1) is 21.0. The number of hydrogen-bond acceptors (Lipinski definition) is 2. The highest BCUT2D eigenvalue weighted by Gasteiger charge is 2.23. The van der Waals surface area contributed by atoms with Gasteiger partial charge < -0.3 is 9.67 Å². The number of fused-ring (bicyclic) bond motifs is 2. The smallest absolute Gasteiger partial charge is 0.329 e. The van der Waals surface area contributed by atoms with Crippen molar-refractivity contribution in [3.63, 3.8) is 0 Å². The van der Waals surface area contributed by atoms with Gasteiger partial charge in [-0.1, -0.05) is 31.5 Å². The first-order valence-corrected chi connectivity index (χ1v) is 10.8. The molecule has 1 N–H and O–H groups in total. The number of carbonyl (C=O) groups is 1. The molecule has 2 aromatic heterocycles. The van der Waals surface area contributed by atoms with Gasteiger partial charge in [0.25, 0.3) is 0 Å². The molecule has 0 aliphatic heterocycles. The minimum atomic E-state index is -0.886. The van der Waals surface area contributed by atoms with E-state index < -0.39 is 5.97 Å². The van der Waals surface area contributed by atoms with Crippen LogP contribution in [0.1, 0.15) is 48.9 Å². The topological polar surface area (TPSA) is 69.2 Å². The molecule has 0 radical (unpaired) electrons. The predicted molar refractivity (Wildman–Crippen MR) is 124 cm³/mol. The van der Waals surface area contributed by atoms with Crippen molar-refractivity contribution < 1.29 is 9.90 Å². The first-order valence-electron chi connectivity index (χ1n) is 10.8. The van der Waals surface area contributed by atoms with Gasteiger partial charge in [0.2, 0.25) is 0 Å². The Bertz CT molecular complexity index is 1340. The fourth-order valence-electron chi connectivity index (χ4n) is 4.78. The summed E-state index contributed by atoms with van der Waals surface area (Å²) in [6, 6.07) is 11.8. The Morgan fingerprint density at radius 3 is 2.58 bits per heavy atom. The van der Waals surface area contributed by atoms with Crippen molar-refractivity contribution in [2.24, 2.45) is 7.05 Å². The van der Waals surface area contributed by atoms with Crippen molar-refractivity contribution in [1.82, 2.24) is 13.7 Å². The zero-order valence-electron chi connectivity index (χ0n) is 18.6. The number of aryl methyl sites for hydroxylation is 3. The molecule has 0 aliphatic carbocycles. The van der Waals surface area contributed by atoms with E-state index >= 15 is 0 Å². The first-order chi connectivity index (χ1) is 14.8. The Hall–Kier alpha value is -3.28. The molecule has 0 spiro atoms. The molecular weight excluding hydrogens is 390 g/mol.